The molecule has 18 nitrogen and oxygen atoms in total. The molecule has 7 aromatic heterocycles. The van der Waals surface area contributed by atoms with Crippen molar-refractivity contribution in [3.63, 3.8) is 0 Å². The van der Waals surface area contributed by atoms with Gasteiger partial charge in [-0.25, -0.2) is 20.6 Å². The van der Waals surface area contributed by atoms with Crippen molar-refractivity contribution in [2.75, 3.05) is 16.0 Å². The number of aliphatic imine (C=N–C) groups is 1. The van der Waals surface area contributed by atoms with Crippen molar-refractivity contribution in [2.45, 2.75) is 29.6 Å². The number of benzene rings is 3. The molecule has 0 saturated carbocycles. The third-order valence-electron chi connectivity index (χ3n) is 12.3. The smallest absolute Gasteiger partial charge is 0.297 e. The molecule has 2 unspecified atom stereocenters. The van der Waals surface area contributed by atoms with Gasteiger partial charge in [0.2, 0.25) is 23.2 Å². The number of ketones is 1. The first-order valence-electron chi connectivity index (χ1n) is 22.0. The number of nitrogens with one attached hydrogen (secondary N) is 9. The van der Waals surface area contributed by atoms with Crippen LogP contribution in [-0.4, -0.2) is 73.3 Å². The van der Waals surface area contributed by atoms with Gasteiger partial charge in [-0.1, -0.05) is 60.7 Å². The van der Waals surface area contributed by atoms with E-state index in [4.69, 9.17) is 19.9 Å². The number of hydrogen-bond acceptors (Lipinski definition) is 13. The lowest BCUT2D eigenvalue weighted by molar-refractivity contribution is -0.565. The average Bonchev–Trinajstić information content (AvgIpc) is 4.24. The van der Waals surface area contributed by atoms with Crippen LogP contribution in [0.5, 0.6) is 0 Å². The topological polar surface area (TPSA) is 243 Å². The van der Waals surface area contributed by atoms with Gasteiger partial charge in [-0.15, -0.1) is 0 Å². The highest BCUT2D eigenvalue weighted by Gasteiger charge is 2.68. The van der Waals surface area contributed by atoms with Crippen LogP contribution in [0.2, 0.25) is 0 Å². The maximum atomic E-state index is 13.2. The molecule has 0 saturated heterocycles. The molecule has 3 aliphatic rings. The van der Waals surface area contributed by atoms with E-state index in [0.29, 0.717) is 47.4 Å². The van der Waals surface area contributed by atoms with E-state index in [-0.39, 0.29) is 12.2 Å². The van der Waals surface area contributed by atoms with E-state index in [1.54, 1.807) is 24.8 Å². The molecule has 18 heteroatoms. The van der Waals surface area contributed by atoms with Crippen molar-refractivity contribution in [3.8, 4) is 0 Å². The first-order valence-corrected chi connectivity index (χ1v) is 22.0. The van der Waals surface area contributed by atoms with Crippen LogP contribution in [-0.2, 0) is 21.5 Å². The van der Waals surface area contributed by atoms with Crippen molar-refractivity contribution >= 4 is 74.4 Å². The van der Waals surface area contributed by atoms with Crippen molar-refractivity contribution in [1.29, 1.82) is 0 Å². The molecule has 0 fully saturated rings. The summed E-state index contributed by atoms with van der Waals surface area (Å²) in [6, 6.07) is 46.4. The predicted molar refractivity (Wildman–Crippen MR) is 257 cm³/mol. The highest BCUT2D eigenvalue weighted by Crippen LogP contribution is 2.45. The summed E-state index contributed by atoms with van der Waals surface area (Å²) in [5.41, 5.74) is 5.25. The van der Waals surface area contributed by atoms with Crippen molar-refractivity contribution in [3.05, 3.63) is 193 Å². The number of carbonyl (C=O) groups excluding carboxylic acids is 1. The molecule has 330 valence electrons. The number of H-pyrrole nitrogens is 3. The van der Waals surface area contributed by atoms with Gasteiger partial charge in [-0.3, -0.25) is 35.0 Å². The number of Topliss-reactive ketones (excluding diaryl/α,β-unsaturated/α-hetero) is 1. The number of rotatable bonds is 7. The molecule has 2 atom stereocenters. The van der Waals surface area contributed by atoms with E-state index in [2.05, 4.69) is 66.1 Å². The van der Waals surface area contributed by atoms with Crippen molar-refractivity contribution in [2.24, 2.45) is 4.99 Å². The van der Waals surface area contributed by atoms with Gasteiger partial charge in [0.05, 0.1) is 45.2 Å². The zero-order valence-corrected chi connectivity index (χ0v) is 36.1. The summed E-state index contributed by atoms with van der Waals surface area (Å²) in [6.07, 6.45) is 7.64. The molecule has 13 rings (SSSR count). The van der Waals surface area contributed by atoms with Crippen LogP contribution in [0, 0.1) is 0 Å². The van der Waals surface area contributed by atoms with Gasteiger partial charge in [-0.2, -0.15) is 15.0 Å². The molecule has 3 aliphatic heterocycles. The molecule has 0 radical (unpaired) electrons. The number of aromatic nitrogens is 10. The van der Waals surface area contributed by atoms with Crippen molar-refractivity contribution < 1.29 is 14.8 Å². The summed E-state index contributed by atoms with van der Waals surface area (Å²) in [4.78, 5) is 67.8. The Bertz CT molecular complexity index is 3330. The lowest BCUT2D eigenvalue weighted by atomic mass is 9.79. The van der Waals surface area contributed by atoms with Crippen LogP contribution in [0.15, 0.2) is 175 Å². The van der Waals surface area contributed by atoms with Gasteiger partial charge in [0, 0.05) is 24.8 Å². The minimum absolute atomic E-state index is 0.0245. The van der Waals surface area contributed by atoms with Gasteiger partial charge in [0.1, 0.15) is 23.5 Å². The maximum absolute atomic E-state index is 13.2. The highest BCUT2D eigenvalue weighted by molar-refractivity contribution is 6.11. The Labute approximate surface area is 386 Å². The Morgan fingerprint density at radius 3 is 1.40 bits per heavy atom. The summed E-state index contributed by atoms with van der Waals surface area (Å²) >= 11 is 0. The van der Waals surface area contributed by atoms with Crippen LogP contribution in [0.4, 0.5) is 17.8 Å². The molecule has 9 N–H and O–H groups in total. The molecule has 10 heterocycles. The Kier molecular flexibility index (Phi) is 9.56. The van der Waals surface area contributed by atoms with Gasteiger partial charge in [-0.05, 0) is 84.9 Å². The summed E-state index contributed by atoms with van der Waals surface area (Å²) in [5, 5.41) is 13.7. The standard InChI is InChI=1S/C29H23N11.C21H16N6O/c1-2-10-19-18(9-1)32-25(33-19)36-24-17-28(22-13-5-7-15-30-22)29(38-24,23-14-6-8-16-31-23)40-27(39-28)37-26-34-20-11-3-4-12-21(20)35-26;28-18-13-19(26-20-24-14-7-1-2-8-15(14)25-20)27-21(18,16-9-3-5-11-22-16)17-10-4-6-12-23-17/h1-16H,17H2,(H2,32,33,36,38)(H3,34,35,37,39,40);1-12H,13H2,(H2,24,25,26,27)/p+2. The largest absolute Gasteiger partial charge is 0.338 e. The summed E-state index contributed by atoms with van der Waals surface area (Å²) < 4.78 is 0. The second-order valence-electron chi connectivity index (χ2n) is 16.5. The number of fused-ring (bicyclic) bond motifs is 4. The number of amidine groups is 2. The predicted octanol–water partition coefficient (Wildman–Crippen LogP) is 3.50. The Balaban J connectivity index is 0.000000151. The first kappa shape index (κ1) is 40.1. The second-order valence-corrected chi connectivity index (χ2v) is 16.5. The molecular formula is C50H41N17O+2. The number of guanidine groups is 1. The fraction of sp³-hybridized carbons (Fsp3) is 0.100. The molecule has 10 aromatic rings. The maximum Gasteiger partial charge on any atom is 0.297 e. The first-order chi connectivity index (χ1) is 33.5. The van der Waals surface area contributed by atoms with Gasteiger partial charge in [0.15, 0.2) is 5.54 Å². The SMILES string of the molecule is O=C1CC(Nc2nc3ccccc3[nH]2)=[NH+]C1(c1ccccn1)c1ccccn1.c1ccc(C23CC(Nc4nc5ccccc5[nH]4)=[NH+]C2(c2ccccn2)N=C(Nc2nc4ccccc4[nH]2)N3)nc1. The zero-order chi connectivity index (χ0) is 45.5. The van der Waals surface area contributed by atoms with E-state index >= 15 is 0 Å². The van der Waals surface area contributed by atoms with Crippen LogP contribution < -0.4 is 31.3 Å². The fourth-order valence-corrected chi connectivity index (χ4v) is 9.28. The summed E-state index contributed by atoms with van der Waals surface area (Å²) in [6.45, 7) is 0. The van der Waals surface area contributed by atoms with Crippen LogP contribution in [0.25, 0.3) is 33.1 Å². The number of nitrogens with zero attached hydrogens (tertiary/aromatic N) is 8. The molecule has 0 aliphatic carbocycles. The number of aromatic amines is 3. The number of pyridine rings is 4. The van der Waals surface area contributed by atoms with Gasteiger partial charge < -0.3 is 20.3 Å². The molecule has 0 spiro atoms. The summed E-state index contributed by atoms with van der Waals surface area (Å²) in [7, 11) is 0. The number of anilines is 3. The van der Waals surface area contributed by atoms with Crippen LogP contribution in [0.1, 0.15) is 35.6 Å². The lowest BCUT2D eigenvalue weighted by Crippen LogP contribution is -2.86. The van der Waals surface area contributed by atoms with Crippen molar-refractivity contribution in [1.82, 2.24) is 55.2 Å². The van der Waals surface area contributed by atoms with E-state index in [9.17, 15) is 4.79 Å². The second kappa shape index (κ2) is 16.2. The Morgan fingerprint density at radius 1 is 0.471 bits per heavy atom. The number of hydrogen-bond donors (Lipinski definition) is 9. The molecule has 68 heavy (non-hydrogen) atoms. The van der Waals surface area contributed by atoms with E-state index < -0.39 is 16.7 Å². The normalized spacial score (nSPS) is 19.1. The van der Waals surface area contributed by atoms with E-state index in [0.717, 1.165) is 50.3 Å². The Hall–Kier alpha value is -9.45. The molecular weight excluding hydrogens is 855 g/mol. The zero-order valence-electron chi connectivity index (χ0n) is 36.1. The van der Waals surface area contributed by atoms with Crippen LogP contribution in [0.3, 0.4) is 0 Å². The third kappa shape index (κ3) is 6.85. The fourth-order valence-electron chi connectivity index (χ4n) is 9.28. The van der Waals surface area contributed by atoms with E-state index in [1.165, 1.54) is 0 Å². The summed E-state index contributed by atoms with van der Waals surface area (Å²) in [5.74, 6) is 3.81. The average molecular weight is 896 g/mol. The van der Waals surface area contributed by atoms with Gasteiger partial charge in [0.25, 0.3) is 29.2 Å². The van der Waals surface area contributed by atoms with Gasteiger partial charge >= 0.3 is 0 Å². The molecule has 3 aromatic carbocycles. The van der Waals surface area contributed by atoms with Crippen LogP contribution >= 0.6 is 0 Å². The minimum atomic E-state index is -1.13. The number of imidazole rings is 3. The minimum Gasteiger partial charge on any atom is -0.338 e. The Morgan fingerprint density at radius 2 is 0.912 bits per heavy atom. The highest BCUT2D eigenvalue weighted by atomic mass is 16.1. The number of carbonyl (C=O) groups is 1. The number of para-hydroxylation sites is 6. The lowest BCUT2D eigenvalue weighted by Gasteiger charge is -2.33. The molecule has 0 bridgehead atoms. The quantitative estimate of drug-likeness (QED) is 0.112. The monoisotopic (exact) mass is 895 g/mol. The van der Waals surface area contributed by atoms with E-state index in [1.807, 2.05) is 146 Å². The third-order valence-corrected chi connectivity index (χ3v) is 12.3. The molecule has 0 amide bonds.